The van der Waals surface area contributed by atoms with Gasteiger partial charge in [0.2, 0.25) is 0 Å². The largest absolute Gasteiger partial charge is 0.497 e. The van der Waals surface area contributed by atoms with E-state index in [-0.39, 0.29) is 5.91 Å². The van der Waals surface area contributed by atoms with Crippen molar-refractivity contribution in [3.63, 3.8) is 0 Å². The number of carbonyl (C=O) groups is 2. The first-order chi connectivity index (χ1) is 16.0. The molecule has 0 aliphatic carbocycles. The van der Waals surface area contributed by atoms with E-state index < -0.39 is 5.97 Å². The highest BCUT2D eigenvalue weighted by Gasteiger charge is 2.14. The van der Waals surface area contributed by atoms with Crippen molar-refractivity contribution in [2.75, 3.05) is 7.11 Å². The molecule has 0 saturated carbocycles. The van der Waals surface area contributed by atoms with E-state index in [1.165, 1.54) is 6.21 Å². The van der Waals surface area contributed by atoms with Gasteiger partial charge in [0, 0.05) is 16.1 Å². The molecule has 7 heteroatoms. The predicted octanol–water partition coefficient (Wildman–Crippen LogP) is 5.48. The molecule has 4 aromatic carbocycles. The maximum absolute atomic E-state index is 12.7. The second-order valence-corrected chi connectivity index (χ2v) is 7.46. The van der Waals surface area contributed by atoms with Crippen molar-refractivity contribution in [1.29, 1.82) is 0 Å². The molecule has 0 bridgehead atoms. The van der Waals surface area contributed by atoms with Gasteiger partial charge in [-0.15, -0.1) is 0 Å². The fourth-order valence-electron chi connectivity index (χ4n) is 3.20. The minimum absolute atomic E-state index is 0.319. The van der Waals surface area contributed by atoms with Crippen molar-refractivity contribution in [1.82, 2.24) is 5.43 Å². The molecule has 0 spiro atoms. The number of hydrogen-bond acceptors (Lipinski definition) is 5. The highest BCUT2D eigenvalue weighted by molar-refractivity contribution is 6.30. The summed E-state index contributed by atoms with van der Waals surface area (Å²) < 4.78 is 10.8. The van der Waals surface area contributed by atoms with Gasteiger partial charge in [-0.25, -0.2) is 10.2 Å². The van der Waals surface area contributed by atoms with Crippen molar-refractivity contribution >= 4 is 40.5 Å². The molecule has 0 unspecified atom stereocenters. The van der Waals surface area contributed by atoms with E-state index in [1.54, 1.807) is 61.7 Å². The normalized spacial score (nSPS) is 10.8. The smallest absolute Gasteiger partial charge is 0.343 e. The maximum atomic E-state index is 12.7. The van der Waals surface area contributed by atoms with Crippen LogP contribution in [0, 0.1) is 0 Å². The summed E-state index contributed by atoms with van der Waals surface area (Å²) in [5.41, 5.74) is 3.85. The van der Waals surface area contributed by atoms with Crippen molar-refractivity contribution in [3.05, 3.63) is 107 Å². The number of amides is 1. The molecule has 0 aromatic heterocycles. The second kappa shape index (κ2) is 9.97. The summed E-state index contributed by atoms with van der Waals surface area (Å²) in [5.74, 6) is 0.0493. The van der Waals surface area contributed by atoms with Crippen molar-refractivity contribution in [3.8, 4) is 11.5 Å². The average molecular weight is 459 g/mol. The Morgan fingerprint density at radius 2 is 1.58 bits per heavy atom. The molecule has 164 valence electrons. The van der Waals surface area contributed by atoms with Gasteiger partial charge < -0.3 is 9.47 Å². The number of carbonyl (C=O) groups excluding carboxylic acids is 2. The number of halogens is 1. The van der Waals surface area contributed by atoms with Gasteiger partial charge in [-0.05, 0) is 65.4 Å². The molecular weight excluding hydrogens is 440 g/mol. The molecule has 0 aliphatic heterocycles. The van der Waals surface area contributed by atoms with Crippen LogP contribution < -0.4 is 14.9 Å². The van der Waals surface area contributed by atoms with Crippen LogP contribution in [0.2, 0.25) is 5.02 Å². The van der Waals surface area contributed by atoms with Crippen molar-refractivity contribution in [2.24, 2.45) is 5.10 Å². The van der Waals surface area contributed by atoms with Crippen LogP contribution in [0.1, 0.15) is 26.3 Å². The lowest BCUT2D eigenvalue weighted by Gasteiger charge is -2.11. The zero-order valence-corrected chi connectivity index (χ0v) is 18.4. The Hall–Kier alpha value is -4.16. The fourth-order valence-corrected chi connectivity index (χ4v) is 3.33. The number of nitrogens with one attached hydrogen (secondary N) is 1. The van der Waals surface area contributed by atoms with E-state index in [1.807, 2.05) is 30.3 Å². The predicted molar refractivity (Wildman–Crippen MR) is 128 cm³/mol. The lowest BCUT2D eigenvalue weighted by molar-refractivity contribution is 0.0734. The Morgan fingerprint density at radius 3 is 2.30 bits per heavy atom. The Labute approximate surface area is 195 Å². The van der Waals surface area contributed by atoms with Crippen LogP contribution in [-0.2, 0) is 0 Å². The first-order valence-electron chi connectivity index (χ1n) is 10.0. The molecule has 0 aliphatic rings. The molecule has 0 heterocycles. The van der Waals surface area contributed by atoms with Crippen LogP contribution in [-0.4, -0.2) is 25.2 Å². The standard InChI is InChI=1S/C26H19ClN2O4/c1-32-21-13-8-19(9-14-21)26(31)33-24-15-10-17-4-2-3-5-22(17)23(24)16-28-29-25(30)18-6-11-20(27)12-7-18/h2-16H,1H3,(H,29,30). The van der Waals surface area contributed by atoms with Crippen LogP contribution in [0.3, 0.4) is 0 Å². The van der Waals surface area contributed by atoms with Crippen LogP contribution in [0.4, 0.5) is 0 Å². The summed E-state index contributed by atoms with van der Waals surface area (Å²) >= 11 is 5.87. The van der Waals surface area contributed by atoms with Gasteiger partial charge in [0.15, 0.2) is 0 Å². The van der Waals surface area contributed by atoms with Crippen LogP contribution in [0.25, 0.3) is 10.8 Å². The number of nitrogens with zero attached hydrogens (tertiary/aromatic N) is 1. The monoisotopic (exact) mass is 458 g/mol. The molecule has 6 nitrogen and oxygen atoms in total. The number of benzene rings is 4. The third-order valence-corrected chi connectivity index (χ3v) is 5.18. The Balaban J connectivity index is 1.60. The molecule has 1 amide bonds. The molecular formula is C26H19ClN2O4. The molecule has 0 saturated heterocycles. The van der Waals surface area contributed by atoms with Crippen LogP contribution in [0.5, 0.6) is 11.5 Å². The van der Waals surface area contributed by atoms with Gasteiger partial charge in [-0.2, -0.15) is 5.10 Å². The molecule has 33 heavy (non-hydrogen) atoms. The summed E-state index contributed by atoms with van der Waals surface area (Å²) in [4.78, 5) is 25.1. The Morgan fingerprint density at radius 1 is 0.879 bits per heavy atom. The van der Waals surface area contributed by atoms with Crippen molar-refractivity contribution in [2.45, 2.75) is 0 Å². The number of esters is 1. The van der Waals surface area contributed by atoms with Gasteiger partial charge in [-0.1, -0.05) is 41.9 Å². The van der Waals surface area contributed by atoms with E-state index in [0.717, 1.165) is 10.8 Å². The minimum atomic E-state index is -0.521. The third-order valence-electron chi connectivity index (χ3n) is 4.93. The lowest BCUT2D eigenvalue weighted by atomic mass is 10.0. The van der Waals surface area contributed by atoms with Gasteiger partial charge in [0.25, 0.3) is 5.91 Å². The van der Waals surface area contributed by atoms with E-state index in [4.69, 9.17) is 21.1 Å². The van der Waals surface area contributed by atoms with Gasteiger partial charge in [-0.3, -0.25) is 4.79 Å². The highest BCUT2D eigenvalue weighted by atomic mass is 35.5. The molecule has 0 atom stereocenters. The molecule has 0 fully saturated rings. The fraction of sp³-hybridized carbons (Fsp3) is 0.0385. The van der Waals surface area contributed by atoms with Gasteiger partial charge in [0.1, 0.15) is 11.5 Å². The van der Waals surface area contributed by atoms with Gasteiger partial charge >= 0.3 is 5.97 Å². The van der Waals surface area contributed by atoms with E-state index in [9.17, 15) is 9.59 Å². The average Bonchev–Trinajstić information content (AvgIpc) is 2.85. The summed E-state index contributed by atoms with van der Waals surface area (Å²) in [6.07, 6.45) is 1.47. The van der Waals surface area contributed by atoms with Crippen LogP contribution >= 0.6 is 11.6 Å². The molecule has 4 rings (SSSR count). The molecule has 0 radical (unpaired) electrons. The first kappa shape index (κ1) is 22.0. The number of methoxy groups -OCH3 is 1. The number of hydrazone groups is 1. The maximum Gasteiger partial charge on any atom is 0.343 e. The highest BCUT2D eigenvalue weighted by Crippen LogP contribution is 2.27. The van der Waals surface area contributed by atoms with Crippen LogP contribution in [0.15, 0.2) is 90.0 Å². The SMILES string of the molecule is COc1ccc(C(=O)Oc2ccc3ccccc3c2C=NNC(=O)c2ccc(Cl)cc2)cc1. The zero-order chi connectivity index (χ0) is 23.2. The summed E-state index contributed by atoms with van der Waals surface area (Å²) in [7, 11) is 1.56. The number of hydrogen-bond donors (Lipinski definition) is 1. The molecule has 4 aromatic rings. The topological polar surface area (TPSA) is 77.0 Å². The Bertz CT molecular complexity index is 1330. The summed E-state index contributed by atoms with van der Waals surface area (Å²) in [6, 6.07) is 24.3. The van der Waals surface area contributed by atoms with E-state index in [0.29, 0.717) is 33.2 Å². The van der Waals surface area contributed by atoms with E-state index >= 15 is 0 Å². The summed E-state index contributed by atoms with van der Waals surface area (Å²) in [6.45, 7) is 0. The van der Waals surface area contributed by atoms with E-state index in [2.05, 4.69) is 10.5 Å². The molecule has 1 N–H and O–H groups in total. The number of ether oxygens (including phenoxy) is 2. The van der Waals surface area contributed by atoms with Gasteiger partial charge in [0.05, 0.1) is 18.9 Å². The number of fused-ring (bicyclic) bond motifs is 1. The lowest BCUT2D eigenvalue weighted by Crippen LogP contribution is -2.17. The Kier molecular flexibility index (Phi) is 6.66. The first-order valence-corrected chi connectivity index (χ1v) is 10.4. The quantitative estimate of drug-likeness (QED) is 0.179. The van der Waals surface area contributed by atoms with Crippen molar-refractivity contribution < 1.29 is 19.1 Å². The summed E-state index contributed by atoms with van der Waals surface area (Å²) in [5, 5.41) is 6.38. The second-order valence-electron chi connectivity index (χ2n) is 7.02. The number of rotatable bonds is 6. The third kappa shape index (κ3) is 5.19. The minimum Gasteiger partial charge on any atom is -0.497 e. The zero-order valence-electron chi connectivity index (χ0n) is 17.6.